The van der Waals surface area contributed by atoms with Crippen LogP contribution in [-0.4, -0.2) is 56.0 Å². The molecule has 0 saturated carbocycles. The normalized spacial score (nSPS) is 14.5. The first-order valence-electron chi connectivity index (χ1n) is 10.2. The molecule has 0 spiro atoms. The summed E-state index contributed by atoms with van der Waals surface area (Å²) < 4.78 is 0. The largest absolute Gasteiger partial charge is 0.369 e. The number of nitrogens with zero attached hydrogens (tertiary/aromatic N) is 2. The van der Waals surface area contributed by atoms with Gasteiger partial charge in [0, 0.05) is 44.1 Å². The van der Waals surface area contributed by atoms with Crippen LogP contribution in [0, 0.1) is 13.8 Å². The Morgan fingerprint density at radius 1 is 0.862 bits per heavy atom. The maximum atomic E-state index is 12.1. The molecule has 0 aliphatic carbocycles. The van der Waals surface area contributed by atoms with Crippen molar-refractivity contribution in [3.63, 3.8) is 0 Å². The minimum atomic E-state index is -0.612. The molecule has 2 N–H and O–H groups in total. The number of benzene rings is 2. The third-order valence-electron chi connectivity index (χ3n) is 5.36. The van der Waals surface area contributed by atoms with Crippen LogP contribution in [0.1, 0.15) is 17.5 Å². The number of piperazine rings is 1. The van der Waals surface area contributed by atoms with Crippen LogP contribution in [-0.2, 0) is 9.59 Å². The quantitative estimate of drug-likeness (QED) is 0.584. The highest BCUT2D eigenvalue weighted by Crippen LogP contribution is 2.19. The van der Waals surface area contributed by atoms with E-state index in [1.165, 1.54) is 5.69 Å². The summed E-state index contributed by atoms with van der Waals surface area (Å²) in [6.07, 6.45) is 0.827. The maximum Gasteiger partial charge on any atom is 0.313 e. The molecule has 154 valence electrons. The van der Waals surface area contributed by atoms with Crippen LogP contribution in [0.3, 0.4) is 0 Å². The zero-order chi connectivity index (χ0) is 20.6. The van der Waals surface area contributed by atoms with Crippen molar-refractivity contribution in [2.24, 2.45) is 0 Å². The SMILES string of the molecule is Cc1cccc(C)c1NC(=O)C(=O)NCCCN1CCN(c2ccccc2)CC1. The van der Waals surface area contributed by atoms with Crippen molar-refractivity contribution in [1.29, 1.82) is 0 Å². The molecule has 6 nitrogen and oxygen atoms in total. The molecular formula is C23H30N4O2. The summed E-state index contributed by atoms with van der Waals surface area (Å²) in [4.78, 5) is 29.0. The molecule has 1 heterocycles. The number of hydrogen-bond acceptors (Lipinski definition) is 4. The molecule has 1 saturated heterocycles. The lowest BCUT2D eigenvalue weighted by molar-refractivity contribution is -0.136. The fraction of sp³-hybridized carbons (Fsp3) is 0.391. The first kappa shape index (κ1) is 20.9. The summed E-state index contributed by atoms with van der Waals surface area (Å²) in [5.74, 6) is -1.19. The smallest absolute Gasteiger partial charge is 0.313 e. The van der Waals surface area contributed by atoms with Gasteiger partial charge in [0.2, 0.25) is 0 Å². The molecule has 0 aromatic heterocycles. The summed E-state index contributed by atoms with van der Waals surface area (Å²) in [5, 5.41) is 5.45. The Morgan fingerprint density at radius 3 is 2.17 bits per heavy atom. The molecule has 6 heteroatoms. The highest BCUT2D eigenvalue weighted by atomic mass is 16.2. The summed E-state index contributed by atoms with van der Waals surface area (Å²) in [6.45, 7) is 9.28. The summed E-state index contributed by atoms with van der Waals surface area (Å²) in [7, 11) is 0. The molecule has 2 aromatic rings. The molecule has 29 heavy (non-hydrogen) atoms. The van der Waals surface area contributed by atoms with Gasteiger partial charge in [-0.1, -0.05) is 36.4 Å². The van der Waals surface area contributed by atoms with Gasteiger partial charge in [0.25, 0.3) is 0 Å². The van der Waals surface area contributed by atoms with E-state index < -0.39 is 11.8 Å². The fourth-order valence-corrected chi connectivity index (χ4v) is 3.64. The van der Waals surface area contributed by atoms with E-state index in [1.54, 1.807) is 0 Å². The van der Waals surface area contributed by atoms with Gasteiger partial charge >= 0.3 is 11.8 Å². The van der Waals surface area contributed by atoms with Gasteiger partial charge in [0.1, 0.15) is 0 Å². The van der Waals surface area contributed by atoms with Gasteiger partial charge in [-0.3, -0.25) is 14.5 Å². The van der Waals surface area contributed by atoms with E-state index in [2.05, 4.69) is 44.7 Å². The lowest BCUT2D eigenvalue weighted by Gasteiger charge is -2.36. The molecule has 1 aliphatic rings. The summed E-state index contributed by atoms with van der Waals surface area (Å²) in [6, 6.07) is 16.2. The first-order valence-corrected chi connectivity index (χ1v) is 10.2. The maximum absolute atomic E-state index is 12.1. The number of aryl methyl sites for hydroxylation is 2. The summed E-state index contributed by atoms with van der Waals surface area (Å²) in [5.41, 5.74) is 3.87. The second kappa shape index (κ2) is 10.1. The number of nitrogens with one attached hydrogen (secondary N) is 2. The topological polar surface area (TPSA) is 64.7 Å². The Morgan fingerprint density at radius 2 is 1.52 bits per heavy atom. The Labute approximate surface area is 172 Å². The first-order chi connectivity index (χ1) is 14.0. The third kappa shape index (κ3) is 5.81. The van der Waals surface area contributed by atoms with Crippen LogP contribution in [0.25, 0.3) is 0 Å². The molecule has 0 radical (unpaired) electrons. The Kier molecular flexibility index (Phi) is 7.25. The van der Waals surface area contributed by atoms with Crippen molar-refractivity contribution < 1.29 is 9.59 Å². The lowest BCUT2D eigenvalue weighted by atomic mass is 10.1. The van der Waals surface area contributed by atoms with Gasteiger partial charge < -0.3 is 15.5 Å². The minimum Gasteiger partial charge on any atom is -0.369 e. The molecule has 0 bridgehead atoms. The molecular weight excluding hydrogens is 364 g/mol. The average Bonchev–Trinajstić information content (AvgIpc) is 2.74. The summed E-state index contributed by atoms with van der Waals surface area (Å²) >= 11 is 0. The molecule has 2 amide bonds. The molecule has 3 rings (SSSR count). The molecule has 2 aromatic carbocycles. The second-order valence-electron chi connectivity index (χ2n) is 7.49. The molecule has 0 unspecified atom stereocenters. The molecule has 0 atom stereocenters. The third-order valence-corrected chi connectivity index (χ3v) is 5.36. The van der Waals surface area contributed by atoms with Crippen LogP contribution >= 0.6 is 0 Å². The van der Waals surface area contributed by atoms with Gasteiger partial charge in [-0.2, -0.15) is 0 Å². The van der Waals surface area contributed by atoms with Crippen molar-refractivity contribution >= 4 is 23.2 Å². The number of rotatable bonds is 6. The van der Waals surface area contributed by atoms with E-state index >= 15 is 0 Å². The number of anilines is 2. The van der Waals surface area contributed by atoms with E-state index in [0.717, 1.165) is 50.3 Å². The van der Waals surface area contributed by atoms with Crippen LogP contribution in [0.4, 0.5) is 11.4 Å². The Bertz CT molecular complexity index is 810. The standard InChI is InChI=1S/C23H30N4O2/c1-18-8-6-9-19(2)21(18)25-23(29)22(28)24-12-7-13-26-14-16-27(17-15-26)20-10-4-3-5-11-20/h3-6,8-11H,7,12-17H2,1-2H3,(H,24,28)(H,25,29). The van der Waals surface area contributed by atoms with Gasteiger partial charge in [-0.15, -0.1) is 0 Å². The van der Waals surface area contributed by atoms with Crippen LogP contribution in [0.15, 0.2) is 48.5 Å². The van der Waals surface area contributed by atoms with Crippen LogP contribution in [0.2, 0.25) is 0 Å². The highest BCUT2D eigenvalue weighted by Gasteiger charge is 2.18. The van der Waals surface area contributed by atoms with E-state index in [-0.39, 0.29) is 0 Å². The van der Waals surface area contributed by atoms with Crippen molar-refractivity contribution in [3.05, 3.63) is 59.7 Å². The van der Waals surface area contributed by atoms with Crippen LogP contribution in [0.5, 0.6) is 0 Å². The molecule has 1 fully saturated rings. The monoisotopic (exact) mass is 394 g/mol. The van der Waals surface area contributed by atoms with Crippen LogP contribution < -0.4 is 15.5 Å². The number of para-hydroxylation sites is 2. The fourth-order valence-electron chi connectivity index (χ4n) is 3.64. The number of carbonyl (C=O) groups is 2. The van der Waals surface area contributed by atoms with Gasteiger partial charge in [-0.05, 0) is 50.1 Å². The average molecular weight is 395 g/mol. The van der Waals surface area contributed by atoms with Crippen molar-refractivity contribution in [3.8, 4) is 0 Å². The Balaban J connectivity index is 1.34. The van der Waals surface area contributed by atoms with Gasteiger partial charge in [0.15, 0.2) is 0 Å². The molecule has 1 aliphatic heterocycles. The van der Waals surface area contributed by atoms with E-state index in [4.69, 9.17) is 0 Å². The number of hydrogen-bond donors (Lipinski definition) is 2. The Hall–Kier alpha value is -2.86. The zero-order valence-electron chi connectivity index (χ0n) is 17.3. The number of carbonyl (C=O) groups excluding carboxylic acids is 2. The highest BCUT2D eigenvalue weighted by molar-refractivity contribution is 6.39. The zero-order valence-corrected chi connectivity index (χ0v) is 17.3. The van der Waals surface area contributed by atoms with E-state index in [1.807, 2.05) is 38.1 Å². The minimum absolute atomic E-state index is 0.498. The van der Waals surface area contributed by atoms with E-state index in [9.17, 15) is 9.59 Å². The number of amides is 2. The predicted octanol–water partition coefficient (Wildman–Crippen LogP) is 2.57. The predicted molar refractivity (Wildman–Crippen MR) is 117 cm³/mol. The second-order valence-corrected chi connectivity index (χ2v) is 7.49. The van der Waals surface area contributed by atoms with Crippen molar-refractivity contribution in [1.82, 2.24) is 10.2 Å². The van der Waals surface area contributed by atoms with Crippen molar-refractivity contribution in [2.75, 3.05) is 49.5 Å². The lowest BCUT2D eigenvalue weighted by Crippen LogP contribution is -2.47. The van der Waals surface area contributed by atoms with Gasteiger partial charge in [0.05, 0.1) is 0 Å². The van der Waals surface area contributed by atoms with Crippen molar-refractivity contribution in [2.45, 2.75) is 20.3 Å². The van der Waals surface area contributed by atoms with Gasteiger partial charge in [-0.25, -0.2) is 0 Å². The van der Waals surface area contributed by atoms with E-state index in [0.29, 0.717) is 12.2 Å².